The Hall–Kier alpha value is -1.42. The number of para-hydroxylation sites is 1. The van der Waals surface area contributed by atoms with Crippen LogP contribution in [0.4, 0.5) is 5.69 Å². The Kier molecular flexibility index (Phi) is 2.00. The molecule has 1 aliphatic rings. The van der Waals surface area contributed by atoms with Crippen LogP contribution in [0, 0.1) is 0 Å². The molecule has 0 spiro atoms. The Morgan fingerprint density at radius 2 is 2.17 bits per heavy atom. The molecule has 0 fully saturated rings. The molecule has 12 heavy (non-hydrogen) atoms. The second-order valence-corrected chi connectivity index (χ2v) is 2.30. The van der Waals surface area contributed by atoms with Crippen molar-refractivity contribution in [1.82, 2.24) is 0 Å². The number of rotatable bonds is 0. The maximum Gasteiger partial charge on any atom is 0.191 e. The van der Waals surface area contributed by atoms with E-state index < -0.39 is 0 Å². The molecular formula is C8H8N2O2. The summed E-state index contributed by atoms with van der Waals surface area (Å²) in [6, 6.07) is 7.47. The number of fused-ring (bicyclic) bond motifs is 1. The first kappa shape index (κ1) is 7.24. The van der Waals surface area contributed by atoms with E-state index in [4.69, 9.17) is 9.47 Å². The lowest BCUT2D eigenvalue weighted by Crippen LogP contribution is -2.04. The Morgan fingerprint density at radius 3 is 3.17 bits per heavy atom. The van der Waals surface area contributed by atoms with Crippen molar-refractivity contribution < 1.29 is 9.47 Å². The summed E-state index contributed by atoms with van der Waals surface area (Å²) in [6.07, 6.45) is 0. The van der Waals surface area contributed by atoms with Crippen molar-refractivity contribution in [2.24, 2.45) is 10.2 Å². The second-order valence-electron chi connectivity index (χ2n) is 2.30. The number of ether oxygens (including phenoxy) is 2. The zero-order valence-corrected chi connectivity index (χ0v) is 6.43. The molecule has 0 radical (unpaired) electrons. The van der Waals surface area contributed by atoms with Gasteiger partial charge in [-0.05, 0) is 12.1 Å². The fourth-order valence-electron chi connectivity index (χ4n) is 0.950. The molecule has 1 aromatic rings. The molecule has 0 bridgehead atoms. The van der Waals surface area contributed by atoms with Gasteiger partial charge in [0.15, 0.2) is 13.5 Å². The average molecular weight is 164 g/mol. The van der Waals surface area contributed by atoms with Gasteiger partial charge in [0.2, 0.25) is 0 Å². The fourth-order valence-corrected chi connectivity index (χ4v) is 0.950. The minimum atomic E-state index is 0.232. The van der Waals surface area contributed by atoms with Crippen LogP contribution in [0.5, 0.6) is 5.75 Å². The van der Waals surface area contributed by atoms with Crippen LogP contribution in [0.2, 0.25) is 0 Å². The molecule has 1 aromatic carbocycles. The summed E-state index contributed by atoms with van der Waals surface area (Å²) >= 11 is 0. The number of azo groups is 1. The van der Waals surface area contributed by atoms with Gasteiger partial charge in [-0.1, -0.05) is 12.1 Å². The quantitative estimate of drug-likeness (QED) is 0.589. The molecule has 0 N–H and O–H groups in total. The van der Waals surface area contributed by atoms with Crippen LogP contribution in [0.1, 0.15) is 0 Å². The van der Waals surface area contributed by atoms with Gasteiger partial charge in [-0.25, -0.2) is 0 Å². The van der Waals surface area contributed by atoms with Crippen LogP contribution in [0.3, 0.4) is 0 Å². The first-order valence-electron chi connectivity index (χ1n) is 3.64. The molecule has 2 rings (SSSR count). The molecule has 4 heteroatoms. The zero-order valence-electron chi connectivity index (χ0n) is 6.43. The summed E-state index contributed by atoms with van der Waals surface area (Å²) in [5.41, 5.74) is 0.751. The van der Waals surface area contributed by atoms with E-state index in [1.165, 1.54) is 0 Å². The molecule has 0 unspecified atom stereocenters. The molecule has 0 amide bonds. The Bertz CT molecular complexity index is 299. The molecular weight excluding hydrogens is 156 g/mol. The van der Waals surface area contributed by atoms with Crippen molar-refractivity contribution in [3.05, 3.63) is 24.3 Å². The third kappa shape index (κ3) is 1.43. The van der Waals surface area contributed by atoms with Gasteiger partial charge in [0, 0.05) is 0 Å². The van der Waals surface area contributed by atoms with Gasteiger partial charge in [-0.2, -0.15) is 5.11 Å². The zero-order chi connectivity index (χ0) is 8.23. The van der Waals surface area contributed by atoms with Gasteiger partial charge in [0.05, 0.1) is 0 Å². The Morgan fingerprint density at radius 1 is 1.25 bits per heavy atom. The maximum atomic E-state index is 5.25. The van der Waals surface area contributed by atoms with Crippen LogP contribution in [0.15, 0.2) is 34.5 Å². The van der Waals surface area contributed by atoms with Crippen LogP contribution in [-0.2, 0) is 4.74 Å². The highest BCUT2D eigenvalue weighted by molar-refractivity contribution is 5.50. The monoisotopic (exact) mass is 164 g/mol. The van der Waals surface area contributed by atoms with Gasteiger partial charge >= 0.3 is 0 Å². The molecule has 1 heterocycles. The number of hydrogen-bond donors (Lipinski definition) is 0. The Balaban J connectivity index is 2.36. The lowest BCUT2D eigenvalue weighted by Gasteiger charge is -2.09. The van der Waals surface area contributed by atoms with E-state index >= 15 is 0 Å². The SMILES string of the molecule is c1ccc2c(c1)N=NCOCO2. The summed E-state index contributed by atoms with van der Waals surface area (Å²) in [5.74, 6) is 0.709. The predicted octanol–water partition coefficient (Wildman–Crippen LogP) is 2.09. The van der Waals surface area contributed by atoms with E-state index in [0.29, 0.717) is 5.75 Å². The van der Waals surface area contributed by atoms with Gasteiger partial charge in [0.1, 0.15) is 11.4 Å². The highest BCUT2D eigenvalue weighted by Crippen LogP contribution is 2.27. The normalized spacial score (nSPS) is 15.7. The summed E-state index contributed by atoms with van der Waals surface area (Å²) in [4.78, 5) is 0. The van der Waals surface area contributed by atoms with Crippen molar-refractivity contribution in [3.8, 4) is 5.75 Å². The summed E-state index contributed by atoms with van der Waals surface area (Å²) in [7, 11) is 0. The fraction of sp³-hybridized carbons (Fsp3) is 0.250. The van der Waals surface area contributed by atoms with E-state index in [1.54, 1.807) is 0 Å². The highest BCUT2D eigenvalue weighted by Gasteiger charge is 2.02. The minimum absolute atomic E-state index is 0.232. The van der Waals surface area contributed by atoms with Crippen LogP contribution in [-0.4, -0.2) is 13.5 Å². The average Bonchev–Trinajstić information content (AvgIpc) is 2.06. The molecule has 62 valence electrons. The van der Waals surface area contributed by atoms with Crippen LogP contribution < -0.4 is 4.74 Å². The Labute approximate surface area is 69.8 Å². The van der Waals surface area contributed by atoms with Crippen LogP contribution >= 0.6 is 0 Å². The van der Waals surface area contributed by atoms with E-state index in [9.17, 15) is 0 Å². The van der Waals surface area contributed by atoms with Crippen molar-refractivity contribution in [1.29, 1.82) is 0 Å². The molecule has 0 atom stereocenters. The van der Waals surface area contributed by atoms with Gasteiger partial charge < -0.3 is 9.47 Å². The molecule has 4 nitrogen and oxygen atoms in total. The van der Waals surface area contributed by atoms with Crippen molar-refractivity contribution >= 4 is 5.69 Å². The number of nitrogens with zero attached hydrogens (tertiary/aromatic N) is 2. The number of hydrogen-bond acceptors (Lipinski definition) is 4. The molecule has 1 aliphatic heterocycles. The van der Waals surface area contributed by atoms with Gasteiger partial charge in [0.25, 0.3) is 0 Å². The molecule has 0 saturated carbocycles. The second kappa shape index (κ2) is 3.32. The largest absolute Gasteiger partial charge is 0.465 e. The summed E-state index contributed by atoms with van der Waals surface area (Å²) < 4.78 is 10.2. The standard InChI is InChI=1S/C8H8N2O2/c1-2-4-8-7(3-1)10-9-5-11-6-12-8/h1-4H,5-6H2. The van der Waals surface area contributed by atoms with Crippen molar-refractivity contribution in [2.45, 2.75) is 0 Å². The third-order valence-corrected chi connectivity index (χ3v) is 1.49. The third-order valence-electron chi connectivity index (χ3n) is 1.49. The highest BCUT2D eigenvalue weighted by atomic mass is 16.7. The topological polar surface area (TPSA) is 43.2 Å². The minimum Gasteiger partial charge on any atom is -0.465 e. The van der Waals surface area contributed by atoms with E-state index in [-0.39, 0.29) is 13.5 Å². The van der Waals surface area contributed by atoms with Crippen molar-refractivity contribution in [3.63, 3.8) is 0 Å². The molecule has 0 saturated heterocycles. The van der Waals surface area contributed by atoms with E-state index in [2.05, 4.69) is 10.2 Å². The van der Waals surface area contributed by atoms with Gasteiger partial charge in [-0.3, -0.25) is 0 Å². The first-order valence-corrected chi connectivity index (χ1v) is 3.64. The lowest BCUT2D eigenvalue weighted by atomic mass is 10.3. The lowest BCUT2D eigenvalue weighted by molar-refractivity contribution is 0.0151. The van der Waals surface area contributed by atoms with E-state index in [0.717, 1.165) is 5.69 Å². The molecule has 0 aromatic heterocycles. The molecule has 0 aliphatic carbocycles. The summed E-state index contributed by atoms with van der Waals surface area (Å²) in [6.45, 7) is 0.490. The predicted molar refractivity (Wildman–Crippen MR) is 42.4 cm³/mol. The first-order chi connectivity index (χ1) is 5.97. The smallest absolute Gasteiger partial charge is 0.191 e. The number of benzene rings is 1. The van der Waals surface area contributed by atoms with Crippen molar-refractivity contribution in [2.75, 3.05) is 13.5 Å². The van der Waals surface area contributed by atoms with Gasteiger partial charge in [-0.15, -0.1) is 5.11 Å². The summed E-state index contributed by atoms with van der Waals surface area (Å²) in [5, 5.41) is 7.72. The van der Waals surface area contributed by atoms with Crippen LogP contribution in [0.25, 0.3) is 0 Å². The maximum absolute atomic E-state index is 5.25. The van der Waals surface area contributed by atoms with E-state index in [1.807, 2.05) is 24.3 Å².